The zero-order chi connectivity index (χ0) is 12.4. The number of hydrogen-bond donors (Lipinski definition) is 2. The lowest BCUT2D eigenvalue weighted by Gasteiger charge is -2.33. The number of hydrogen-bond acceptors (Lipinski definition) is 2. The first-order chi connectivity index (χ1) is 8.84. The van der Waals surface area contributed by atoms with Crippen molar-refractivity contribution in [1.29, 1.82) is 0 Å². The van der Waals surface area contributed by atoms with E-state index in [9.17, 15) is 4.79 Å². The van der Waals surface area contributed by atoms with Gasteiger partial charge in [-0.05, 0) is 31.4 Å². The Hall–Kier alpha value is -1.35. The van der Waals surface area contributed by atoms with E-state index >= 15 is 0 Å². The first-order valence-corrected chi connectivity index (χ1v) is 6.90. The van der Waals surface area contributed by atoms with Crippen LogP contribution in [0, 0.1) is 5.92 Å². The summed E-state index contributed by atoms with van der Waals surface area (Å²) in [7, 11) is 0. The summed E-state index contributed by atoms with van der Waals surface area (Å²) in [5, 5.41) is 6.61. The van der Waals surface area contributed by atoms with Crippen LogP contribution in [0.2, 0.25) is 0 Å². The molecule has 2 N–H and O–H groups in total. The van der Waals surface area contributed by atoms with E-state index in [2.05, 4.69) is 34.9 Å². The first kappa shape index (κ1) is 11.7. The molecule has 1 amide bonds. The minimum Gasteiger partial charge on any atom is -0.351 e. The van der Waals surface area contributed by atoms with Gasteiger partial charge in [0.25, 0.3) is 0 Å². The van der Waals surface area contributed by atoms with E-state index in [-0.39, 0.29) is 11.9 Å². The number of benzene rings is 1. The number of rotatable bonds is 3. The summed E-state index contributed by atoms with van der Waals surface area (Å²) in [5.41, 5.74) is 1.35. The third-order valence-electron chi connectivity index (χ3n) is 3.99. The summed E-state index contributed by atoms with van der Waals surface area (Å²) in [4.78, 5) is 11.9. The molecule has 0 spiro atoms. The Morgan fingerprint density at radius 1 is 1.17 bits per heavy atom. The van der Waals surface area contributed by atoms with Gasteiger partial charge < -0.3 is 10.6 Å². The van der Waals surface area contributed by atoms with Crippen molar-refractivity contribution in [1.82, 2.24) is 10.6 Å². The van der Waals surface area contributed by atoms with E-state index in [0.717, 1.165) is 32.4 Å². The van der Waals surface area contributed by atoms with Crippen molar-refractivity contribution < 1.29 is 4.79 Å². The highest BCUT2D eigenvalue weighted by Crippen LogP contribution is 2.31. The van der Waals surface area contributed by atoms with E-state index in [1.807, 2.05) is 6.07 Å². The second-order valence-corrected chi connectivity index (χ2v) is 5.40. The Morgan fingerprint density at radius 2 is 1.94 bits per heavy atom. The summed E-state index contributed by atoms with van der Waals surface area (Å²) in [5.74, 6) is 1.00. The van der Waals surface area contributed by atoms with E-state index < -0.39 is 0 Å². The predicted octanol–water partition coefficient (Wildman–Crippen LogP) is 1.66. The summed E-state index contributed by atoms with van der Waals surface area (Å²) < 4.78 is 0. The van der Waals surface area contributed by atoms with Crippen LogP contribution >= 0.6 is 0 Å². The van der Waals surface area contributed by atoms with Crippen molar-refractivity contribution in [2.45, 2.75) is 31.2 Å². The predicted molar refractivity (Wildman–Crippen MR) is 71.3 cm³/mol. The molecule has 3 rings (SSSR count). The Bertz CT molecular complexity index is 414. The summed E-state index contributed by atoms with van der Waals surface area (Å²) in [6.07, 6.45) is 3.24. The number of carbonyl (C=O) groups is 1. The van der Waals surface area contributed by atoms with Crippen molar-refractivity contribution in [2.75, 3.05) is 13.1 Å². The van der Waals surface area contributed by atoms with Crippen LogP contribution in [0.3, 0.4) is 0 Å². The van der Waals surface area contributed by atoms with Gasteiger partial charge in [-0.25, -0.2) is 0 Å². The van der Waals surface area contributed by atoms with Crippen molar-refractivity contribution in [3.8, 4) is 0 Å². The average Bonchev–Trinajstić information content (AvgIpc) is 3.25. The van der Waals surface area contributed by atoms with Gasteiger partial charge in [0, 0.05) is 24.4 Å². The molecular formula is C15H20N2O. The van der Waals surface area contributed by atoms with Crippen LogP contribution in [-0.2, 0) is 4.79 Å². The molecule has 1 aliphatic carbocycles. The SMILES string of the molecule is O=C(NC1CNCCC1c1ccccc1)C1CC1. The molecule has 0 bridgehead atoms. The molecule has 1 aromatic rings. The lowest BCUT2D eigenvalue weighted by Crippen LogP contribution is -2.50. The smallest absolute Gasteiger partial charge is 0.223 e. The largest absolute Gasteiger partial charge is 0.351 e. The van der Waals surface area contributed by atoms with Crippen molar-refractivity contribution in [3.05, 3.63) is 35.9 Å². The highest BCUT2D eigenvalue weighted by atomic mass is 16.2. The summed E-state index contributed by atoms with van der Waals surface area (Å²) in [6, 6.07) is 10.8. The number of amides is 1. The molecule has 18 heavy (non-hydrogen) atoms. The van der Waals surface area contributed by atoms with Gasteiger partial charge in [-0.15, -0.1) is 0 Å². The van der Waals surface area contributed by atoms with Gasteiger partial charge in [-0.3, -0.25) is 4.79 Å². The van der Waals surface area contributed by atoms with Crippen LogP contribution in [0.5, 0.6) is 0 Å². The van der Waals surface area contributed by atoms with E-state index in [1.165, 1.54) is 5.56 Å². The van der Waals surface area contributed by atoms with Crippen LogP contribution in [0.25, 0.3) is 0 Å². The second kappa shape index (κ2) is 5.11. The fourth-order valence-electron chi connectivity index (χ4n) is 2.76. The van der Waals surface area contributed by atoms with E-state index in [0.29, 0.717) is 11.8 Å². The molecular weight excluding hydrogens is 224 g/mol. The molecule has 0 radical (unpaired) electrons. The zero-order valence-corrected chi connectivity index (χ0v) is 10.6. The maximum atomic E-state index is 11.9. The molecule has 96 valence electrons. The number of carbonyl (C=O) groups excluding carboxylic acids is 1. The van der Waals surface area contributed by atoms with Crippen LogP contribution in [0.1, 0.15) is 30.7 Å². The molecule has 1 aromatic carbocycles. The topological polar surface area (TPSA) is 41.1 Å². The minimum atomic E-state index is 0.245. The average molecular weight is 244 g/mol. The van der Waals surface area contributed by atoms with Gasteiger partial charge in [-0.2, -0.15) is 0 Å². The van der Waals surface area contributed by atoms with Crippen molar-refractivity contribution in [3.63, 3.8) is 0 Å². The van der Waals surface area contributed by atoms with Crippen LogP contribution in [0.15, 0.2) is 30.3 Å². The third kappa shape index (κ3) is 2.56. The third-order valence-corrected chi connectivity index (χ3v) is 3.99. The normalized spacial score (nSPS) is 27.8. The molecule has 3 heteroatoms. The lowest BCUT2D eigenvalue weighted by atomic mass is 9.86. The number of nitrogens with one attached hydrogen (secondary N) is 2. The second-order valence-electron chi connectivity index (χ2n) is 5.40. The zero-order valence-electron chi connectivity index (χ0n) is 10.6. The van der Waals surface area contributed by atoms with Gasteiger partial charge in [0.1, 0.15) is 0 Å². The Labute approximate surface area is 108 Å². The van der Waals surface area contributed by atoms with Crippen LogP contribution < -0.4 is 10.6 Å². The quantitative estimate of drug-likeness (QED) is 0.849. The number of piperidine rings is 1. The molecule has 1 saturated heterocycles. The van der Waals surface area contributed by atoms with Gasteiger partial charge in [0.15, 0.2) is 0 Å². The summed E-state index contributed by atoms with van der Waals surface area (Å²) in [6.45, 7) is 1.92. The van der Waals surface area contributed by atoms with Crippen molar-refractivity contribution in [2.24, 2.45) is 5.92 Å². The Balaban J connectivity index is 1.71. The molecule has 3 nitrogen and oxygen atoms in total. The standard InChI is InChI=1S/C15H20N2O/c18-15(12-6-7-12)17-14-10-16-9-8-13(14)11-4-2-1-3-5-11/h1-5,12-14,16H,6-10H2,(H,17,18). The highest BCUT2D eigenvalue weighted by molar-refractivity contribution is 5.81. The molecule has 2 aliphatic rings. The Kier molecular flexibility index (Phi) is 3.33. The first-order valence-electron chi connectivity index (χ1n) is 6.90. The van der Waals surface area contributed by atoms with Crippen molar-refractivity contribution >= 4 is 5.91 Å². The molecule has 2 atom stereocenters. The van der Waals surface area contributed by atoms with E-state index in [4.69, 9.17) is 0 Å². The fraction of sp³-hybridized carbons (Fsp3) is 0.533. The van der Waals surface area contributed by atoms with Gasteiger partial charge in [0.05, 0.1) is 0 Å². The highest BCUT2D eigenvalue weighted by Gasteiger charge is 2.34. The van der Waals surface area contributed by atoms with Gasteiger partial charge in [-0.1, -0.05) is 30.3 Å². The molecule has 2 fully saturated rings. The van der Waals surface area contributed by atoms with Gasteiger partial charge in [0.2, 0.25) is 5.91 Å². The van der Waals surface area contributed by atoms with Gasteiger partial charge >= 0.3 is 0 Å². The molecule has 0 aromatic heterocycles. The van der Waals surface area contributed by atoms with Crippen LogP contribution in [0.4, 0.5) is 0 Å². The monoisotopic (exact) mass is 244 g/mol. The molecule has 1 aliphatic heterocycles. The maximum Gasteiger partial charge on any atom is 0.223 e. The van der Waals surface area contributed by atoms with Crippen LogP contribution in [-0.4, -0.2) is 25.0 Å². The Morgan fingerprint density at radius 3 is 2.67 bits per heavy atom. The maximum absolute atomic E-state index is 11.9. The molecule has 1 heterocycles. The lowest BCUT2D eigenvalue weighted by molar-refractivity contribution is -0.123. The fourth-order valence-corrected chi connectivity index (χ4v) is 2.76. The molecule has 2 unspecified atom stereocenters. The molecule has 1 saturated carbocycles. The van der Waals surface area contributed by atoms with E-state index in [1.54, 1.807) is 0 Å². The summed E-state index contributed by atoms with van der Waals surface area (Å²) >= 11 is 0. The minimum absolute atomic E-state index is 0.245.